The molecule has 1 atom stereocenters. The highest BCUT2D eigenvalue weighted by atomic mass is 32.1. The summed E-state index contributed by atoms with van der Waals surface area (Å²) in [6.07, 6.45) is 0. The van der Waals surface area contributed by atoms with Crippen LogP contribution in [0.5, 0.6) is 17.4 Å². The maximum atomic E-state index is 10.9. The average Bonchev–Trinajstić information content (AvgIpc) is 3.20. The van der Waals surface area contributed by atoms with E-state index in [-0.39, 0.29) is 11.9 Å². The summed E-state index contributed by atoms with van der Waals surface area (Å²) in [4.78, 5) is 7.23. The Bertz CT molecular complexity index is 948. The van der Waals surface area contributed by atoms with E-state index in [9.17, 15) is 5.11 Å². The lowest BCUT2D eigenvalue weighted by Gasteiger charge is -2.31. The largest absolute Gasteiger partial charge is 0.497 e. The molecule has 0 saturated carbocycles. The highest BCUT2D eigenvalue weighted by molar-refractivity contribution is 7.17. The second-order valence-electron chi connectivity index (χ2n) is 6.45. The van der Waals surface area contributed by atoms with Crippen molar-refractivity contribution in [3.05, 3.63) is 34.5 Å². The molecule has 0 spiro atoms. The average molecular weight is 391 g/mol. The van der Waals surface area contributed by atoms with Gasteiger partial charge in [0.2, 0.25) is 10.8 Å². The third-order valence-electron chi connectivity index (χ3n) is 4.86. The quantitative estimate of drug-likeness (QED) is 0.670. The summed E-state index contributed by atoms with van der Waals surface area (Å²) in [6.45, 7) is 4.86. The zero-order valence-corrected chi connectivity index (χ0v) is 16.4. The van der Waals surface area contributed by atoms with Gasteiger partial charge in [-0.15, -0.1) is 5.10 Å². The van der Waals surface area contributed by atoms with Crippen LogP contribution in [0.1, 0.15) is 22.3 Å². The summed E-state index contributed by atoms with van der Waals surface area (Å²) < 4.78 is 18.0. The number of morpholine rings is 1. The molecule has 3 aromatic rings. The number of benzene rings is 1. The minimum absolute atomic E-state index is 0.108. The number of quaternary nitrogens is 1. The van der Waals surface area contributed by atoms with Gasteiger partial charge in [0.25, 0.3) is 0 Å². The van der Waals surface area contributed by atoms with Gasteiger partial charge in [0.15, 0.2) is 6.04 Å². The third kappa shape index (κ3) is 3.22. The molecule has 1 aliphatic rings. The second kappa shape index (κ2) is 7.34. The van der Waals surface area contributed by atoms with Crippen molar-refractivity contribution < 1.29 is 24.2 Å². The first-order valence-electron chi connectivity index (χ1n) is 8.81. The standard InChI is InChI=1S/C18H22N4O4S/c1-11-19-18-22(20-11)17(23)16(27-18)15(21-6-8-26-9-7-21)13-5-4-12(24-2)10-14(13)25-3/h4-5,10,15,23H,6-9H2,1-3H3/p+1/t15-/m1/s1. The van der Waals surface area contributed by atoms with Gasteiger partial charge in [0, 0.05) is 6.07 Å². The summed E-state index contributed by atoms with van der Waals surface area (Å²) in [6, 6.07) is 5.69. The predicted molar refractivity (Wildman–Crippen MR) is 100 cm³/mol. The number of hydrogen-bond acceptors (Lipinski definition) is 7. The van der Waals surface area contributed by atoms with E-state index in [0.717, 1.165) is 35.0 Å². The van der Waals surface area contributed by atoms with E-state index in [4.69, 9.17) is 14.2 Å². The number of nitrogens with one attached hydrogen (secondary N) is 1. The van der Waals surface area contributed by atoms with E-state index in [1.54, 1.807) is 14.2 Å². The molecular formula is C18H23N4O4S+. The number of nitrogens with zero attached hydrogens (tertiary/aromatic N) is 3. The monoisotopic (exact) mass is 391 g/mol. The number of hydrogen-bond donors (Lipinski definition) is 2. The van der Waals surface area contributed by atoms with Crippen molar-refractivity contribution in [1.82, 2.24) is 14.6 Å². The number of thiazole rings is 1. The topological polar surface area (TPSA) is 82.6 Å². The first kappa shape index (κ1) is 18.0. The van der Waals surface area contributed by atoms with Crippen LogP contribution in [0.25, 0.3) is 4.96 Å². The summed E-state index contributed by atoms with van der Waals surface area (Å²) in [5.74, 6) is 2.24. The first-order valence-corrected chi connectivity index (χ1v) is 9.63. The van der Waals surface area contributed by atoms with Gasteiger partial charge in [0.05, 0.1) is 33.0 Å². The van der Waals surface area contributed by atoms with Gasteiger partial charge < -0.3 is 24.2 Å². The van der Waals surface area contributed by atoms with E-state index >= 15 is 0 Å². The van der Waals surface area contributed by atoms with Crippen molar-refractivity contribution in [1.29, 1.82) is 0 Å². The van der Waals surface area contributed by atoms with Gasteiger partial charge in [-0.05, 0) is 19.1 Å². The maximum absolute atomic E-state index is 10.9. The smallest absolute Gasteiger partial charge is 0.235 e. The highest BCUT2D eigenvalue weighted by Gasteiger charge is 2.35. The van der Waals surface area contributed by atoms with Crippen LogP contribution in [0.15, 0.2) is 18.2 Å². The Morgan fingerprint density at radius 2 is 2.04 bits per heavy atom. The van der Waals surface area contributed by atoms with Crippen molar-refractivity contribution in [2.24, 2.45) is 0 Å². The van der Waals surface area contributed by atoms with Gasteiger partial charge >= 0.3 is 0 Å². The summed E-state index contributed by atoms with van der Waals surface area (Å²) in [5, 5.41) is 15.2. The lowest BCUT2D eigenvalue weighted by Crippen LogP contribution is -3.14. The Labute approximate surface area is 160 Å². The fraction of sp³-hybridized carbons (Fsp3) is 0.444. The second-order valence-corrected chi connectivity index (χ2v) is 7.46. The van der Waals surface area contributed by atoms with Crippen LogP contribution in [0, 0.1) is 6.92 Å². The van der Waals surface area contributed by atoms with Gasteiger partial charge in [-0.25, -0.2) is 4.98 Å². The molecule has 1 fully saturated rings. The van der Waals surface area contributed by atoms with Crippen LogP contribution < -0.4 is 14.4 Å². The third-order valence-corrected chi connectivity index (χ3v) is 5.95. The Morgan fingerprint density at radius 3 is 2.70 bits per heavy atom. The molecular weight excluding hydrogens is 368 g/mol. The van der Waals surface area contributed by atoms with Gasteiger partial charge in [-0.3, -0.25) is 0 Å². The molecule has 1 aromatic carbocycles. The molecule has 9 heteroatoms. The number of fused-ring (bicyclic) bond motifs is 1. The number of aryl methyl sites for hydroxylation is 1. The lowest BCUT2D eigenvalue weighted by atomic mass is 10.0. The first-order chi connectivity index (χ1) is 13.1. The molecule has 8 nitrogen and oxygen atoms in total. The van der Waals surface area contributed by atoms with Gasteiger partial charge in [-0.1, -0.05) is 11.3 Å². The molecule has 1 aliphatic heterocycles. The molecule has 2 aromatic heterocycles. The molecule has 2 N–H and O–H groups in total. The van der Waals surface area contributed by atoms with Crippen LogP contribution in [0.2, 0.25) is 0 Å². The minimum Gasteiger partial charge on any atom is -0.497 e. The molecule has 0 aliphatic carbocycles. The van der Waals surface area contributed by atoms with E-state index in [1.807, 2.05) is 25.1 Å². The molecule has 27 heavy (non-hydrogen) atoms. The Kier molecular flexibility index (Phi) is 4.90. The Morgan fingerprint density at radius 1 is 1.26 bits per heavy atom. The Hall–Kier alpha value is -2.36. The molecule has 4 rings (SSSR count). The number of aromatic hydroxyl groups is 1. The molecule has 3 heterocycles. The lowest BCUT2D eigenvalue weighted by molar-refractivity contribution is -0.932. The van der Waals surface area contributed by atoms with E-state index in [2.05, 4.69) is 10.1 Å². The van der Waals surface area contributed by atoms with Crippen molar-refractivity contribution >= 4 is 16.3 Å². The van der Waals surface area contributed by atoms with Crippen molar-refractivity contribution in [2.45, 2.75) is 13.0 Å². The molecule has 0 unspecified atom stereocenters. The van der Waals surface area contributed by atoms with Crippen molar-refractivity contribution in [3.8, 4) is 17.4 Å². The Balaban J connectivity index is 1.86. The molecule has 1 saturated heterocycles. The number of rotatable bonds is 5. The fourth-order valence-electron chi connectivity index (χ4n) is 3.56. The fourth-order valence-corrected chi connectivity index (χ4v) is 4.74. The molecule has 144 valence electrons. The minimum atomic E-state index is -0.108. The van der Waals surface area contributed by atoms with Crippen molar-refractivity contribution in [2.75, 3.05) is 40.5 Å². The summed E-state index contributed by atoms with van der Waals surface area (Å²) in [5.41, 5.74) is 0.992. The molecule has 0 bridgehead atoms. The van der Waals surface area contributed by atoms with Crippen LogP contribution in [-0.4, -0.2) is 60.2 Å². The normalized spacial score (nSPS) is 16.6. The number of ether oxygens (including phenoxy) is 3. The van der Waals surface area contributed by atoms with Crippen LogP contribution in [0.3, 0.4) is 0 Å². The molecule has 0 radical (unpaired) electrons. The van der Waals surface area contributed by atoms with Gasteiger partial charge in [-0.2, -0.15) is 4.52 Å². The van der Waals surface area contributed by atoms with Crippen LogP contribution in [-0.2, 0) is 4.74 Å². The predicted octanol–water partition coefficient (Wildman–Crippen LogP) is 0.827. The van der Waals surface area contributed by atoms with Gasteiger partial charge in [0.1, 0.15) is 35.3 Å². The van der Waals surface area contributed by atoms with Crippen LogP contribution >= 0.6 is 11.3 Å². The zero-order valence-electron chi connectivity index (χ0n) is 15.6. The van der Waals surface area contributed by atoms with E-state index in [1.165, 1.54) is 20.8 Å². The number of aromatic nitrogens is 3. The SMILES string of the molecule is COc1ccc([C@H](c2sc3nc(C)nn3c2O)[NH+]2CCOCC2)c(OC)c1. The summed E-state index contributed by atoms with van der Waals surface area (Å²) >= 11 is 1.46. The summed E-state index contributed by atoms with van der Waals surface area (Å²) in [7, 11) is 3.28. The van der Waals surface area contributed by atoms with E-state index < -0.39 is 0 Å². The number of methoxy groups -OCH3 is 2. The zero-order chi connectivity index (χ0) is 19.0. The van der Waals surface area contributed by atoms with Crippen molar-refractivity contribution in [3.63, 3.8) is 0 Å². The maximum Gasteiger partial charge on any atom is 0.235 e. The van der Waals surface area contributed by atoms with E-state index in [0.29, 0.717) is 24.0 Å². The highest BCUT2D eigenvalue weighted by Crippen LogP contribution is 2.39. The van der Waals surface area contributed by atoms with Crippen LogP contribution in [0.4, 0.5) is 0 Å². The molecule has 0 amide bonds.